The molecule has 0 bridgehead atoms. The van der Waals surface area contributed by atoms with Gasteiger partial charge in [-0.25, -0.2) is 8.42 Å². The predicted molar refractivity (Wildman–Crippen MR) is 120 cm³/mol. The molecule has 0 amide bonds. The van der Waals surface area contributed by atoms with Gasteiger partial charge in [-0.1, -0.05) is 36.4 Å². The molecular weight excluding hydrogens is 414 g/mol. The van der Waals surface area contributed by atoms with E-state index >= 15 is 0 Å². The number of rotatable bonds is 6. The largest absolute Gasteiger partial charge is 0.507 e. The number of hydrogen-bond donors (Lipinski definition) is 4. The average molecular weight is 433 g/mol. The Balaban J connectivity index is 1.50. The minimum atomic E-state index is -3.97. The van der Waals surface area contributed by atoms with E-state index in [2.05, 4.69) is 10.3 Å². The Bertz CT molecular complexity index is 1370. The van der Waals surface area contributed by atoms with Gasteiger partial charge in [0.1, 0.15) is 5.75 Å². The molecule has 0 aromatic heterocycles. The van der Waals surface area contributed by atoms with Gasteiger partial charge >= 0.3 is 0 Å². The zero-order valence-corrected chi connectivity index (χ0v) is 17.1. The summed E-state index contributed by atoms with van der Waals surface area (Å²) in [5.74, 6) is -0.311. The van der Waals surface area contributed by atoms with Crippen LogP contribution < -0.4 is 16.0 Å². The molecule has 7 nitrogen and oxygen atoms in total. The quantitative estimate of drug-likeness (QED) is 0.209. The number of hydrazine groups is 1. The summed E-state index contributed by atoms with van der Waals surface area (Å²) >= 11 is 0. The van der Waals surface area contributed by atoms with E-state index in [4.69, 9.17) is 5.73 Å². The van der Waals surface area contributed by atoms with Crippen molar-refractivity contribution < 1.29 is 18.3 Å². The molecule has 0 aliphatic carbocycles. The van der Waals surface area contributed by atoms with Gasteiger partial charge in [0.2, 0.25) is 0 Å². The predicted octanol–water partition coefficient (Wildman–Crippen LogP) is 3.66. The first-order valence-electron chi connectivity index (χ1n) is 9.33. The fourth-order valence-corrected chi connectivity index (χ4v) is 4.05. The highest BCUT2D eigenvalue weighted by atomic mass is 32.2. The molecule has 0 fully saturated rings. The molecule has 5 N–H and O–H groups in total. The number of phenolic OH excluding ortho intramolecular Hbond substituents is 1. The number of nitrogens with one attached hydrogen (secondary N) is 2. The van der Waals surface area contributed by atoms with E-state index in [9.17, 15) is 18.3 Å². The minimum absolute atomic E-state index is 0.106. The third kappa shape index (κ3) is 4.35. The minimum Gasteiger partial charge on any atom is -0.507 e. The van der Waals surface area contributed by atoms with Crippen LogP contribution in [0.15, 0.2) is 89.8 Å². The van der Waals surface area contributed by atoms with Crippen LogP contribution in [0.25, 0.3) is 10.8 Å². The lowest BCUT2D eigenvalue weighted by atomic mass is 10.0. The molecule has 0 saturated heterocycles. The summed E-state index contributed by atoms with van der Waals surface area (Å²) in [4.78, 5) is 14.6. The number of aromatic hydroxyl groups is 1. The van der Waals surface area contributed by atoms with Crippen molar-refractivity contribution in [2.75, 3.05) is 11.2 Å². The standard InChI is InChI=1S/C23H19N3O4S/c24-18-9-6-17-12-20(14-22(27)21(17)13-18)31(29,30)26-25-19-10-7-16(8-11-19)23(28)15-4-2-1-3-5-15/h1-14,25-27H,24H2. The molecule has 0 unspecified atom stereocenters. The average Bonchev–Trinajstić information content (AvgIpc) is 2.78. The summed E-state index contributed by atoms with van der Waals surface area (Å²) in [6, 6.07) is 22.7. The highest BCUT2D eigenvalue weighted by Gasteiger charge is 2.17. The number of sulfonamides is 1. The molecule has 0 aliphatic rings. The zero-order chi connectivity index (χ0) is 22.0. The number of nitrogens with two attached hydrogens (primary N) is 1. The van der Waals surface area contributed by atoms with Gasteiger partial charge in [-0.05, 0) is 47.9 Å². The van der Waals surface area contributed by atoms with Gasteiger partial charge in [-0.3, -0.25) is 4.79 Å². The van der Waals surface area contributed by atoms with Crippen molar-refractivity contribution in [3.8, 4) is 5.75 Å². The van der Waals surface area contributed by atoms with E-state index in [0.29, 0.717) is 33.3 Å². The number of nitrogen functional groups attached to an aromatic ring is 1. The summed E-state index contributed by atoms with van der Waals surface area (Å²) in [5, 5.41) is 11.2. The molecule has 0 heterocycles. The number of ketones is 1. The molecule has 8 heteroatoms. The van der Waals surface area contributed by atoms with Crippen LogP contribution in [0, 0.1) is 0 Å². The van der Waals surface area contributed by atoms with Crippen LogP contribution in [0.4, 0.5) is 11.4 Å². The Morgan fingerprint density at radius 3 is 2.23 bits per heavy atom. The van der Waals surface area contributed by atoms with E-state index < -0.39 is 10.0 Å². The van der Waals surface area contributed by atoms with Gasteiger partial charge in [-0.15, -0.1) is 4.83 Å². The first-order chi connectivity index (χ1) is 14.8. The first-order valence-corrected chi connectivity index (χ1v) is 10.8. The molecule has 156 valence electrons. The van der Waals surface area contributed by atoms with Crippen molar-refractivity contribution >= 4 is 38.0 Å². The molecule has 0 saturated carbocycles. The highest BCUT2D eigenvalue weighted by Crippen LogP contribution is 2.30. The number of benzene rings is 4. The number of hydrogen-bond acceptors (Lipinski definition) is 6. The van der Waals surface area contributed by atoms with E-state index in [1.165, 1.54) is 6.07 Å². The zero-order valence-electron chi connectivity index (χ0n) is 16.2. The molecule has 0 radical (unpaired) electrons. The molecule has 0 spiro atoms. The van der Waals surface area contributed by atoms with Gasteiger partial charge in [0.25, 0.3) is 10.0 Å². The van der Waals surface area contributed by atoms with Crippen molar-refractivity contribution in [3.63, 3.8) is 0 Å². The Labute approximate surface area is 179 Å². The first kappa shape index (κ1) is 20.4. The van der Waals surface area contributed by atoms with Gasteiger partial charge < -0.3 is 16.3 Å². The van der Waals surface area contributed by atoms with Crippen molar-refractivity contribution in [1.82, 2.24) is 4.83 Å². The molecular formula is C23H19N3O4S. The topological polar surface area (TPSA) is 122 Å². The van der Waals surface area contributed by atoms with Crippen molar-refractivity contribution in [1.29, 1.82) is 0 Å². The third-order valence-electron chi connectivity index (χ3n) is 4.75. The van der Waals surface area contributed by atoms with Gasteiger partial charge in [0.15, 0.2) is 5.78 Å². The van der Waals surface area contributed by atoms with Crippen molar-refractivity contribution in [2.24, 2.45) is 0 Å². The maximum absolute atomic E-state index is 12.7. The number of carbonyl (C=O) groups excluding carboxylic acids is 1. The fraction of sp³-hybridized carbons (Fsp3) is 0. The molecule has 4 aromatic carbocycles. The number of anilines is 2. The van der Waals surface area contributed by atoms with E-state index in [0.717, 1.165) is 6.07 Å². The van der Waals surface area contributed by atoms with Crippen LogP contribution in [-0.4, -0.2) is 19.3 Å². The summed E-state index contributed by atoms with van der Waals surface area (Å²) in [5.41, 5.74) is 10.3. The van der Waals surface area contributed by atoms with E-state index in [1.807, 2.05) is 6.07 Å². The molecule has 0 aliphatic heterocycles. The van der Waals surface area contributed by atoms with Crippen LogP contribution in [-0.2, 0) is 10.0 Å². The SMILES string of the molecule is Nc1ccc2cc(S(=O)(=O)NNc3ccc(C(=O)c4ccccc4)cc3)cc(O)c2c1. The van der Waals surface area contributed by atoms with Crippen LogP contribution in [0.5, 0.6) is 5.75 Å². The number of fused-ring (bicyclic) bond motifs is 1. The third-order valence-corrected chi connectivity index (χ3v) is 5.98. The molecule has 31 heavy (non-hydrogen) atoms. The van der Waals surface area contributed by atoms with Gasteiger partial charge in [-0.2, -0.15) is 0 Å². The maximum atomic E-state index is 12.7. The summed E-state index contributed by atoms with van der Waals surface area (Å²) < 4.78 is 25.3. The van der Waals surface area contributed by atoms with E-state index in [-0.39, 0.29) is 16.4 Å². The summed E-state index contributed by atoms with van der Waals surface area (Å²) in [6.07, 6.45) is 0. The van der Waals surface area contributed by atoms with E-state index in [1.54, 1.807) is 66.7 Å². The normalized spacial score (nSPS) is 11.4. The second-order valence-corrected chi connectivity index (χ2v) is 8.61. The fourth-order valence-electron chi connectivity index (χ4n) is 3.13. The Hall–Kier alpha value is -3.88. The second-order valence-electron chi connectivity index (χ2n) is 6.93. The second kappa shape index (κ2) is 8.10. The highest BCUT2D eigenvalue weighted by molar-refractivity contribution is 7.89. The molecule has 0 atom stereocenters. The number of carbonyl (C=O) groups is 1. The number of phenols is 1. The lowest BCUT2D eigenvalue weighted by molar-refractivity contribution is 0.103. The molecule has 4 rings (SSSR count). The maximum Gasteiger partial charge on any atom is 0.257 e. The van der Waals surface area contributed by atoms with Crippen LogP contribution in [0.2, 0.25) is 0 Å². The Morgan fingerprint density at radius 1 is 0.839 bits per heavy atom. The Morgan fingerprint density at radius 2 is 1.52 bits per heavy atom. The van der Waals surface area contributed by atoms with Crippen LogP contribution in [0.1, 0.15) is 15.9 Å². The summed E-state index contributed by atoms with van der Waals surface area (Å²) in [6.45, 7) is 0. The van der Waals surface area contributed by atoms with Crippen LogP contribution >= 0.6 is 0 Å². The summed E-state index contributed by atoms with van der Waals surface area (Å²) in [7, 11) is -3.97. The lowest BCUT2D eigenvalue weighted by Gasteiger charge is -2.12. The van der Waals surface area contributed by atoms with Crippen LogP contribution in [0.3, 0.4) is 0 Å². The molecule has 4 aromatic rings. The van der Waals surface area contributed by atoms with Crippen molar-refractivity contribution in [2.45, 2.75) is 4.90 Å². The van der Waals surface area contributed by atoms with Gasteiger partial charge in [0, 0.05) is 34.0 Å². The van der Waals surface area contributed by atoms with Crippen molar-refractivity contribution in [3.05, 3.63) is 96.1 Å². The Kier molecular flexibility index (Phi) is 5.33. The van der Waals surface area contributed by atoms with Gasteiger partial charge in [0.05, 0.1) is 4.90 Å². The lowest BCUT2D eigenvalue weighted by Crippen LogP contribution is -2.29. The monoisotopic (exact) mass is 433 g/mol. The smallest absolute Gasteiger partial charge is 0.257 e.